The summed E-state index contributed by atoms with van der Waals surface area (Å²) < 4.78 is 38.5. The summed E-state index contributed by atoms with van der Waals surface area (Å²) in [7, 11) is 0. The fourth-order valence-corrected chi connectivity index (χ4v) is 3.99. The van der Waals surface area contributed by atoms with Crippen molar-refractivity contribution in [3.8, 4) is 0 Å². The molecule has 0 saturated carbocycles. The van der Waals surface area contributed by atoms with Gasteiger partial charge in [0.25, 0.3) is 0 Å². The van der Waals surface area contributed by atoms with Crippen LogP contribution in [-0.2, 0) is 17.5 Å². The Morgan fingerprint density at radius 3 is 2.27 bits per heavy atom. The molecule has 1 amide bonds. The highest BCUT2D eigenvalue weighted by Crippen LogP contribution is 2.30. The molecule has 0 N–H and O–H groups in total. The van der Waals surface area contributed by atoms with Crippen molar-refractivity contribution in [2.45, 2.75) is 51.2 Å². The SMILES string of the molecule is O=C(C1CCN(Cc2cccc(C(F)(F)F)c2)CC1)N1CCCCCC1. The zero-order valence-electron chi connectivity index (χ0n) is 15.1. The fourth-order valence-electron chi connectivity index (χ4n) is 3.99. The summed E-state index contributed by atoms with van der Waals surface area (Å²) >= 11 is 0. The number of alkyl halides is 3. The van der Waals surface area contributed by atoms with Gasteiger partial charge in [0, 0.05) is 25.6 Å². The van der Waals surface area contributed by atoms with Crippen LogP contribution >= 0.6 is 0 Å². The second kappa shape index (κ2) is 8.42. The molecule has 0 atom stereocenters. The molecule has 3 nitrogen and oxygen atoms in total. The smallest absolute Gasteiger partial charge is 0.342 e. The Kier molecular flexibility index (Phi) is 6.22. The molecule has 3 rings (SSSR count). The van der Waals surface area contributed by atoms with E-state index < -0.39 is 11.7 Å². The lowest BCUT2D eigenvalue weighted by atomic mass is 9.94. The van der Waals surface area contributed by atoms with Gasteiger partial charge in [0.2, 0.25) is 5.91 Å². The highest BCUT2D eigenvalue weighted by atomic mass is 19.4. The summed E-state index contributed by atoms with van der Waals surface area (Å²) in [6, 6.07) is 5.54. The van der Waals surface area contributed by atoms with Gasteiger partial charge in [-0.05, 0) is 50.4 Å². The summed E-state index contributed by atoms with van der Waals surface area (Å²) in [6.45, 7) is 3.79. The van der Waals surface area contributed by atoms with Gasteiger partial charge >= 0.3 is 6.18 Å². The largest absolute Gasteiger partial charge is 0.416 e. The summed E-state index contributed by atoms with van der Waals surface area (Å²) in [5.41, 5.74) is 0.0818. The quantitative estimate of drug-likeness (QED) is 0.793. The maximum Gasteiger partial charge on any atom is 0.416 e. The predicted octanol–water partition coefficient (Wildman–Crippen LogP) is 4.32. The van der Waals surface area contributed by atoms with E-state index in [4.69, 9.17) is 0 Å². The number of nitrogens with zero attached hydrogens (tertiary/aromatic N) is 2. The van der Waals surface area contributed by atoms with E-state index in [0.717, 1.165) is 57.9 Å². The second-order valence-corrected chi connectivity index (χ2v) is 7.49. The van der Waals surface area contributed by atoms with Crippen LogP contribution in [0.2, 0.25) is 0 Å². The first-order chi connectivity index (χ1) is 12.4. The van der Waals surface area contributed by atoms with Crippen LogP contribution < -0.4 is 0 Å². The van der Waals surface area contributed by atoms with Crippen LogP contribution in [-0.4, -0.2) is 41.9 Å². The molecule has 1 aromatic rings. The van der Waals surface area contributed by atoms with Crippen LogP contribution in [0.15, 0.2) is 24.3 Å². The minimum atomic E-state index is -4.30. The fraction of sp³-hybridized carbons (Fsp3) is 0.650. The maximum absolute atomic E-state index is 12.8. The Bertz CT molecular complexity index is 601. The van der Waals surface area contributed by atoms with Gasteiger partial charge in [0.05, 0.1) is 5.56 Å². The van der Waals surface area contributed by atoms with Crippen molar-refractivity contribution in [3.63, 3.8) is 0 Å². The molecule has 0 bridgehead atoms. The molecule has 0 aromatic heterocycles. The number of piperidine rings is 1. The monoisotopic (exact) mass is 368 g/mol. The first-order valence-corrected chi connectivity index (χ1v) is 9.61. The summed E-state index contributed by atoms with van der Waals surface area (Å²) in [6.07, 6.45) is 1.91. The number of likely N-dealkylation sites (tertiary alicyclic amines) is 2. The van der Waals surface area contributed by atoms with E-state index in [1.165, 1.54) is 25.0 Å². The first-order valence-electron chi connectivity index (χ1n) is 9.61. The van der Waals surface area contributed by atoms with Gasteiger partial charge in [-0.15, -0.1) is 0 Å². The van der Waals surface area contributed by atoms with Gasteiger partial charge in [-0.25, -0.2) is 0 Å². The second-order valence-electron chi connectivity index (χ2n) is 7.49. The molecule has 0 aliphatic carbocycles. The van der Waals surface area contributed by atoms with Crippen molar-refractivity contribution in [2.75, 3.05) is 26.2 Å². The third-order valence-corrected chi connectivity index (χ3v) is 5.52. The molecule has 26 heavy (non-hydrogen) atoms. The molecule has 2 fully saturated rings. The van der Waals surface area contributed by atoms with E-state index in [9.17, 15) is 18.0 Å². The predicted molar refractivity (Wildman–Crippen MR) is 94.5 cm³/mol. The molecule has 2 saturated heterocycles. The lowest BCUT2D eigenvalue weighted by molar-refractivity contribution is -0.138. The zero-order chi connectivity index (χ0) is 18.6. The lowest BCUT2D eigenvalue weighted by Crippen LogP contribution is -2.42. The molecule has 2 heterocycles. The Balaban J connectivity index is 1.51. The number of halogens is 3. The van der Waals surface area contributed by atoms with E-state index in [1.807, 2.05) is 4.90 Å². The van der Waals surface area contributed by atoms with Crippen LogP contribution in [0.5, 0.6) is 0 Å². The minimum absolute atomic E-state index is 0.0749. The molecular weight excluding hydrogens is 341 g/mol. The van der Waals surface area contributed by atoms with Crippen molar-refractivity contribution in [3.05, 3.63) is 35.4 Å². The first kappa shape index (κ1) is 19.2. The van der Waals surface area contributed by atoms with Gasteiger partial charge in [-0.1, -0.05) is 31.0 Å². The number of benzene rings is 1. The Morgan fingerprint density at radius 1 is 1.00 bits per heavy atom. The van der Waals surface area contributed by atoms with E-state index in [0.29, 0.717) is 12.1 Å². The Labute approximate surface area is 153 Å². The lowest BCUT2D eigenvalue weighted by Gasteiger charge is -2.34. The number of rotatable bonds is 3. The normalized spacial score (nSPS) is 20.8. The number of carbonyl (C=O) groups is 1. The maximum atomic E-state index is 12.8. The van der Waals surface area contributed by atoms with Crippen LogP contribution in [0.3, 0.4) is 0 Å². The highest BCUT2D eigenvalue weighted by Gasteiger charge is 2.31. The molecular formula is C20H27F3N2O. The zero-order valence-corrected chi connectivity index (χ0v) is 15.1. The highest BCUT2D eigenvalue weighted by molar-refractivity contribution is 5.79. The number of hydrogen-bond acceptors (Lipinski definition) is 2. The minimum Gasteiger partial charge on any atom is -0.342 e. The summed E-state index contributed by atoms with van der Waals surface area (Å²) in [4.78, 5) is 16.9. The Hall–Kier alpha value is -1.56. The van der Waals surface area contributed by atoms with Crippen LogP contribution in [0.1, 0.15) is 49.7 Å². The molecule has 6 heteroatoms. The third-order valence-electron chi connectivity index (χ3n) is 5.52. The average Bonchev–Trinajstić information content (AvgIpc) is 2.91. The van der Waals surface area contributed by atoms with Crippen molar-refractivity contribution in [2.24, 2.45) is 5.92 Å². The molecule has 0 spiro atoms. The molecule has 2 aliphatic rings. The average molecular weight is 368 g/mol. The molecule has 0 unspecified atom stereocenters. The number of amides is 1. The molecule has 1 aromatic carbocycles. The van der Waals surface area contributed by atoms with Crippen LogP contribution in [0.4, 0.5) is 13.2 Å². The molecule has 0 radical (unpaired) electrons. The Morgan fingerprint density at radius 2 is 1.65 bits per heavy atom. The van der Waals surface area contributed by atoms with Gasteiger partial charge in [0.1, 0.15) is 0 Å². The van der Waals surface area contributed by atoms with Crippen molar-refractivity contribution in [1.82, 2.24) is 9.80 Å². The number of carbonyl (C=O) groups excluding carboxylic acids is 1. The van der Waals surface area contributed by atoms with Gasteiger partial charge in [-0.2, -0.15) is 13.2 Å². The van der Waals surface area contributed by atoms with E-state index in [-0.39, 0.29) is 11.8 Å². The van der Waals surface area contributed by atoms with E-state index in [2.05, 4.69) is 4.90 Å². The summed E-state index contributed by atoms with van der Waals surface area (Å²) in [5.74, 6) is 0.358. The van der Waals surface area contributed by atoms with Crippen LogP contribution in [0, 0.1) is 5.92 Å². The molecule has 2 aliphatic heterocycles. The molecule has 144 valence electrons. The van der Waals surface area contributed by atoms with E-state index in [1.54, 1.807) is 6.07 Å². The van der Waals surface area contributed by atoms with Crippen molar-refractivity contribution in [1.29, 1.82) is 0 Å². The van der Waals surface area contributed by atoms with Gasteiger partial charge in [0.15, 0.2) is 0 Å². The van der Waals surface area contributed by atoms with E-state index >= 15 is 0 Å². The third kappa shape index (κ3) is 5.00. The standard InChI is InChI=1S/C20H27F3N2O/c21-20(22,23)18-7-5-6-16(14-18)15-24-12-8-17(9-13-24)19(26)25-10-3-1-2-4-11-25/h5-7,14,17H,1-4,8-13,15H2. The summed E-state index contributed by atoms with van der Waals surface area (Å²) in [5, 5.41) is 0. The van der Waals surface area contributed by atoms with Crippen molar-refractivity contribution >= 4 is 5.91 Å². The van der Waals surface area contributed by atoms with Crippen molar-refractivity contribution < 1.29 is 18.0 Å². The van der Waals surface area contributed by atoms with Gasteiger partial charge in [-0.3, -0.25) is 9.69 Å². The van der Waals surface area contributed by atoms with Gasteiger partial charge < -0.3 is 4.90 Å². The topological polar surface area (TPSA) is 23.6 Å². The number of hydrogen-bond donors (Lipinski definition) is 0. The van der Waals surface area contributed by atoms with Crippen LogP contribution in [0.25, 0.3) is 0 Å².